The fourth-order valence-corrected chi connectivity index (χ4v) is 1.78. The van der Waals surface area contributed by atoms with Gasteiger partial charge in [-0.15, -0.1) is 0 Å². The first-order valence-electron chi connectivity index (χ1n) is 6.91. The lowest BCUT2D eigenvalue weighted by atomic mass is 9.90. The molecule has 2 nitrogen and oxygen atoms in total. The summed E-state index contributed by atoms with van der Waals surface area (Å²) >= 11 is 5.90. The first-order chi connectivity index (χ1) is 9.04. The number of benzene rings is 1. The van der Waals surface area contributed by atoms with Gasteiger partial charge in [-0.25, -0.2) is 0 Å². The minimum Gasteiger partial charge on any atom is -0.397 e. The van der Waals surface area contributed by atoms with Crippen molar-refractivity contribution in [3.05, 3.63) is 35.0 Å². The molecule has 16 heavy (non-hydrogen) atoms. The monoisotopic (exact) mass is 238 g/mol. The van der Waals surface area contributed by atoms with Crippen molar-refractivity contribution < 1.29 is 5.48 Å². The Hall–Kier alpha value is -1.28. The van der Waals surface area contributed by atoms with Crippen molar-refractivity contribution in [1.82, 2.24) is 4.98 Å². The Kier molecular flexibility index (Phi) is 1.62. The van der Waals surface area contributed by atoms with E-state index in [2.05, 4.69) is 4.98 Å². The molecular weight excluding hydrogens is 220 g/mol. The number of hydrogen-bond acceptors (Lipinski definition) is 2. The van der Waals surface area contributed by atoms with Crippen molar-refractivity contribution >= 4 is 28.2 Å². The second-order valence-electron chi connectivity index (χ2n) is 4.31. The van der Waals surface area contributed by atoms with Crippen LogP contribution in [0.3, 0.4) is 0 Å². The van der Waals surface area contributed by atoms with E-state index in [0.29, 0.717) is 27.3 Å². The van der Waals surface area contributed by atoms with E-state index in [4.69, 9.17) is 22.8 Å². The summed E-state index contributed by atoms with van der Waals surface area (Å²) < 4.78 is 30.6. The van der Waals surface area contributed by atoms with Crippen molar-refractivity contribution in [2.24, 2.45) is 0 Å². The van der Waals surface area contributed by atoms with Gasteiger partial charge >= 0.3 is 0 Å². The predicted octanol–water partition coefficient (Wildman–Crippen LogP) is 3.77. The molecule has 0 saturated carbocycles. The number of nitrogens with two attached hydrogens (primary N) is 1. The molecule has 0 aliphatic heterocycles. The second-order valence-corrected chi connectivity index (χ2v) is 4.71. The van der Waals surface area contributed by atoms with Gasteiger partial charge in [0.15, 0.2) is 0 Å². The minimum atomic E-state index is -2.22. The maximum atomic E-state index is 7.69. The highest BCUT2D eigenvalue weighted by Gasteiger charge is 2.19. The highest BCUT2D eigenvalue weighted by molar-refractivity contribution is 6.31. The van der Waals surface area contributed by atoms with Crippen LogP contribution in [0.2, 0.25) is 5.02 Å². The molecule has 2 aromatic rings. The Morgan fingerprint density at radius 3 is 2.94 bits per heavy atom. The molecule has 1 aromatic heterocycles. The van der Waals surface area contributed by atoms with Crippen LogP contribution in [0, 0.1) is 0 Å². The third-order valence-electron chi connectivity index (χ3n) is 2.33. The van der Waals surface area contributed by atoms with Crippen LogP contribution >= 0.6 is 11.6 Å². The summed E-state index contributed by atoms with van der Waals surface area (Å²) in [5.74, 6) is 0. The number of hydrogen-bond donors (Lipinski definition) is 1. The summed E-state index contributed by atoms with van der Waals surface area (Å²) in [5, 5.41) is 0.995. The van der Waals surface area contributed by atoms with Crippen LogP contribution in [0.25, 0.3) is 10.9 Å². The summed E-state index contributed by atoms with van der Waals surface area (Å²) in [6.45, 7) is 0.947. The third-order valence-corrected chi connectivity index (χ3v) is 2.55. The van der Waals surface area contributed by atoms with Crippen LogP contribution in [-0.2, 0) is 5.41 Å². The number of anilines is 1. The van der Waals surface area contributed by atoms with E-state index < -0.39 is 12.3 Å². The smallest absolute Gasteiger partial charge is 0.0708 e. The number of nitrogen functional groups attached to an aromatic ring is 1. The Morgan fingerprint density at radius 2 is 2.25 bits per heavy atom. The molecule has 0 fully saturated rings. The number of nitrogens with zero attached hydrogens (tertiary/aromatic N) is 1. The molecule has 0 radical (unpaired) electrons. The first-order valence-corrected chi connectivity index (χ1v) is 5.28. The summed E-state index contributed by atoms with van der Waals surface area (Å²) in [5.41, 5.74) is 5.92. The van der Waals surface area contributed by atoms with Crippen LogP contribution in [0.15, 0.2) is 24.2 Å². The molecule has 1 aromatic carbocycles. The molecule has 0 aliphatic rings. The van der Waals surface area contributed by atoms with Gasteiger partial charge in [0.25, 0.3) is 0 Å². The average Bonchev–Trinajstić information content (AvgIpc) is 2.29. The summed E-state index contributed by atoms with van der Waals surface area (Å²) in [6.07, 6.45) is 0. The van der Waals surface area contributed by atoms with Crippen LogP contribution in [0.4, 0.5) is 5.69 Å². The van der Waals surface area contributed by atoms with Crippen molar-refractivity contribution in [2.75, 3.05) is 5.73 Å². The molecular formula is C13H15ClN2. The largest absolute Gasteiger partial charge is 0.397 e. The Balaban J connectivity index is 2.73. The number of fused-ring (bicyclic) bond motifs is 1. The molecule has 0 bridgehead atoms. The quantitative estimate of drug-likeness (QED) is 0.759. The second kappa shape index (κ2) is 3.63. The number of rotatable bonds is 0. The molecule has 0 amide bonds. The van der Waals surface area contributed by atoms with E-state index in [1.165, 1.54) is 6.07 Å². The number of pyridine rings is 1. The van der Waals surface area contributed by atoms with Crippen molar-refractivity contribution in [2.45, 2.75) is 26.1 Å². The van der Waals surface area contributed by atoms with Crippen molar-refractivity contribution in [1.29, 1.82) is 0 Å². The molecule has 0 atom stereocenters. The zero-order chi connectivity index (χ0) is 15.3. The molecule has 0 saturated heterocycles. The normalized spacial score (nSPS) is 16.4. The zero-order valence-corrected chi connectivity index (χ0v) is 9.89. The molecule has 0 spiro atoms. The third kappa shape index (κ3) is 1.98. The molecule has 2 rings (SSSR count). The molecule has 0 aliphatic carbocycles. The fourth-order valence-electron chi connectivity index (χ4n) is 1.61. The van der Waals surface area contributed by atoms with Gasteiger partial charge in [-0.05, 0) is 24.2 Å². The van der Waals surface area contributed by atoms with Gasteiger partial charge in [0, 0.05) is 19.9 Å². The predicted molar refractivity (Wildman–Crippen MR) is 69.9 cm³/mol. The Morgan fingerprint density at radius 1 is 1.50 bits per heavy atom. The van der Waals surface area contributed by atoms with Gasteiger partial charge in [-0.3, -0.25) is 4.98 Å². The van der Waals surface area contributed by atoms with E-state index in [0.717, 1.165) is 0 Å². The van der Waals surface area contributed by atoms with Gasteiger partial charge in [0.1, 0.15) is 0 Å². The van der Waals surface area contributed by atoms with E-state index in [1.807, 2.05) is 0 Å². The lowest BCUT2D eigenvalue weighted by Crippen LogP contribution is -2.16. The van der Waals surface area contributed by atoms with Gasteiger partial charge < -0.3 is 5.73 Å². The Labute approximate surface area is 106 Å². The SMILES string of the molecule is [2H]c1cc2nc(C(C)(C)C([2H])([2H])[2H])c(N)cc2cc1Cl. The standard InChI is InChI=1S/C13H15ClN2/c1-13(2,3)12-10(15)7-8-6-9(14)4-5-11(8)16-12/h4-7H,15H2,1-3H3/i1D3,4D. The molecule has 84 valence electrons. The molecule has 0 unspecified atom stereocenters. The Bertz CT molecular complexity index is 680. The highest BCUT2D eigenvalue weighted by atomic mass is 35.5. The molecule has 2 N–H and O–H groups in total. The van der Waals surface area contributed by atoms with Gasteiger partial charge in [0.2, 0.25) is 0 Å². The van der Waals surface area contributed by atoms with Crippen molar-refractivity contribution in [3.63, 3.8) is 0 Å². The average molecular weight is 239 g/mol. The van der Waals surface area contributed by atoms with E-state index in [-0.39, 0.29) is 6.04 Å². The molecule has 3 heteroatoms. The maximum Gasteiger partial charge on any atom is 0.0708 e. The van der Waals surface area contributed by atoms with Gasteiger partial charge in [0.05, 0.1) is 18.3 Å². The van der Waals surface area contributed by atoms with Gasteiger partial charge in [-0.1, -0.05) is 32.3 Å². The first kappa shape index (κ1) is 7.13. The maximum absolute atomic E-state index is 7.69. The topological polar surface area (TPSA) is 38.9 Å². The van der Waals surface area contributed by atoms with E-state index in [1.54, 1.807) is 26.0 Å². The van der Waals surface area contributed by atoms with E-state index in [9.17, 15) is 0 Å². The summed E-state index contributed by atoms with van der Waals surface area (Å²) in [7, 11) is 0. The fraction of sp³-hybridized carbons (Fsp3) is 0.308. The number of aromatic nitrogens is 1. The van der Waals surface area contributed by atoms with E-state index >= 15 is 0 Å². The zero-order valence-electron chi connectivity index (χ0n) is 13.1. The summed E-state index contributed by atoms with van der Waals surface area (Å²) in [6, 6.07) is 4.91. The van der Waals surface area contributed by atoms with Crippen LogP contribution in [0.1, 0.15) is 31.9 Å². The minimum absolute atomic E-state index is 0.147. The van der Waals surface area contributed by atoms with Crippen molar-refractivity contribution in [3.8, 4) is 0 Å². The molecule has 1 heterocycles. The summed E-state index contributed by atoms with van der Waals surface area (Å²) in [4.78, 5) is 4.35. The van der Waals surface area contributed by atoms with Crippen LogP contribution in [0.5, 0.6) is 0 Å². The lowest BCUT2D eigenvalue weighted by Gasteiger charge is -2.20. The van der Waals surface area contributed by atoms with Gasteiger partial charge in [-0.2, -0.15) is 0 Å². The van der Waals surface area contributed by atoms with Crippen LogP contribution in [-0.4, -0.2) is 4.98 Å². The number of halogens is 1. The lowest BCUT2D eigenvalue weighted by molar-refractivity contribution is 0.574. The highest BCUT2D eigenvalue weighted by Crippen LogP contribution is 2.29. The van der Waals surface area contributed by atoms with Crippen LogP contribution < -0.4 is 5.73 Å².